The number of aromatic nitrogens is 2. The molecule has 172 valence electrons. The lowest BCUT2D eigenvalue weighted by atomic mass is 9.92. The second-order valence-electron chi connectivity index (χ2n) is 8.32. The van der Waals surface area contributed by atoms with Gasteiger partial charge in [0.05, 0.1) is 17.9 Å². The lowest BCUT2D eigenvalue weighted by Crippen LogP contribution is -2.44. The summed E-state index contributed by atoms with van der Waals surface area (Å²) in [5.74, 6) is 0.262. The minimum atomic E-state index is -4.53. The molecule has 0 unspecified atom stereocenters. The highest BCUT2D eigenvalue weighted by molar-refractivity contribution is 6.12. The van der Waals surface area contributed by atoms with Crippen LogP contribution in [0.5, 0.6) is 5.75 Å². The number of anilines is 1. The number of ether oxygens (including phenoxy) is 1. The fourth-order valence-electron chi connectivity index (χ4n) is 4.53. The monoisotopic (exact) mass is 458 g/mol. The largest absolute Gasteiger partial charge is 0.489 e. The fourth-order valence-corrected chi connectivity index (χ4v) is 4.53. The van der Waals surface area contributed by atoms with E-state index in [9.17, 15) is 22.8 Å². The summed E-state index contributed by atoms with van der Waals surface area (Å²) < 4.78 is 45.2. The molecule has 2 aliphatic rings. The number of carbonyl (C=O) groups is 2. The second-order valence-corrected chi connectivity index (χ2v) is 8.32. The van der Waals surface area contributed by atoms with Gasteiger partial charge in [0.2, 0.25) is 0 Å². The Balaban J connectivity index is 1.23. The van der Waals surface area contributed by atoms with E-state index in [2.05, 4.69) is 9.97 Å². The van der Waals surface area contributed by atoms with Gasteiger partial charge in [0, 0.05) is 23.3 Å². The summed E-state index contributed by atoms with van der Waals surface area (Å²) in [6, 6.07) is 7.42. The quantitative estimate of drug-likeness (QED) is 0.573. The number of imide groups is 1. The van der Waals surface area contributed by atoms with Crippen molar-refractivity contribution in [1.29, 1.82) is 0 Å². The van der Waals surface area contributed by atoms with Crippen molar-refractivity contribution in [2.45, 2.75) is 44.0 Å². The number of H-pyrrole nitrogens is 1. The van der Waals surface area contributed by atoms with E-state index in [1.54, 1.807) is 12.4 Å². The first-order valence-corrected chi connectivity index (χ1v) is 10.7. The Bertz CT molecular complexity index is 1200. The summed E-state index contributed by atoms with van der Waals surface area (Å²) in [6.07, 6.45) is 1.31. The number of nitrogens with zero attached hydrogens (tertiary/aromatic N) is 3. The van der Waals surface area contributed by atoms with Crippen LogP contribution >= 0.6 is 0 Å². The molecule has 0 radical (unpaired) electrons. The van der Waals surface area contributed by atoms with Gasteiger partial charge in [-0.25, -0.2) is 9.78 Å². The fraction of sp³-hybridized carbons (Fsp3) is 0.348. The van der Waals surface area contributed by atoms with Crippen molar-refractivity contribution < 1.29 is 27.5 Å². The Kier molecular flexibility index (Phi) is 5.22. The molecule has 0 atom stereocenters. The van der Waals surface area contributed by atoms with Crippen LogP contribution in [0.4, 0.5) is 23.7 Å². The molecule has 5 rings (SSSR count). The van der Waals surface area contributed by atoms with Crippen molar-refractivity contribution >= 4 is 28.7 Å². The van der Waals surface area contributed by atoms with Crippen molar-refractivity contribution in [3.63, 3.8) is 0 Å². The summed E-state index contributed by atoms with van der Waals surface area (Å²) in [7, 11) is 0. The van der Waals surface area contributed by atoms with Crippen molar-refractivity contribution in [2.75, 3.05) is 11.4 Å². The maximum atomic E-state index is 13.1. The van der Waals surface area contributed by atoms with Crippen LogP contribution in [0, 0.1) is 0 Å². The Morgan fingerprint density at radius 3 is 2.61 bits per heavy atom. The first-order chi connectivity index (χ1) is 15.8. The minimum Gasteiger partial charge on any atom is -0.489 e. The average molecular weight is 458 g/mol. The van der Waals surface area contributed by atoms with Gasteiger partial charge in [0.1, 0.15) is 17.9 Å². The number of hydrogen-bond acceptors (Lipinski definition) is 4. The van der Waals surface area contributed by atoms with E-state index in [1.807, 2.05) is 12.1 Å². The number of alkyl halides is 3. The molecule has 0 spiro atoms. The number of urea groups is 1. The molecule has 2 aromatic heterocycles. The molecular formula is C23H21F3N4O3. The molecule has 33 heavy (non-hydrogen) atoms. The number of nitrogens with one attached hydrogen (secondary N) is 1. The van der Waals surface area contributed by atoms with Gasteiger partial charge in [-0.2, -0.15) is 13.2 Å². The van der Waals surface area contributed by atoms with Crippen LogP contribution < -0.4 is 9.64 Å². The highest BCUT2D eigenvalue weighted by Crippen LogP contribution is 2.34. The van der Waals surface area contributed by atoms with E-state index in [0.717, 1.165) is 28.1 Å². The lowest BCUT2D eigenvalue weighted by molar-refractivity contribution is -0.137. The molecule has 1 aliphatic heterocycles. The molecule has 1 aliphatic carbocycles. The topological polar surface area (TPSA) is 78.5 Å². The minimum absolute atomic E-state index is 0.0631. The molecule has 1 N–H and O–H groups in total. The van der Waals surface area contributed by atoms with E-state index in [1.165, 1.54) is 17.0 Å². The zero-order valence-electron chi connectivity index (χ0n) is 17.5. The van der Waals surface area contributed by atoms with Gasteiger partial charge in [-0.1, -0.05) is 6.07 Å². The first-order valence-electron chi connectivity index (χ1n) is 10.7. The van der Waals surface area contributed by atoms with Gasteiger partial charge < -0.3 is 9.72 Å². The average Bonchev–Trinajstić information content (AvgIpc) is 3.37. The number of aromatic amines is 1. The molecule has 3 heterocycles. The first kappa shape index (κ1) is 21.3. The van der Waals surface area contributed by atoms with Crippen molar-refractivity contribution in [3.05, 3.63) is 54.4 Å². The Morgan fingerprint density at radius 2 is 1.85 bits per heavy atom. The molecule has 3 amide bonds. The predicted octanol–water partition coefficient (Wildman–Crippen LogP) is 4.74. The molecular weight excluding hydrogens is 437 g/mol. The van der Waals surface area contributed by atoms with E-state index < -0.39 is 23.7 Å². The van der Waals surface area contributed by atoms with Gasteiger partial charge in [0.15, 0.2) is 0 Å². The number of pyridine rings is 1. The normalized spacial score (nSPS) is 21.8. The van der Waals surface area contributed by atoms with Crippen LogP contribution in [0.2, 0.25) is 0 Å². The lowest BCUT2D eigenvalue weighted by Gasteiger charge is -2.33. The van der Waals surface area contributed by atoms with Crippen LogP contribution in [0.25, 0.3) is 11.0 Å². The SMILES string of the molecule is O=C1CN(c2cccc(C(F)(F)F)c2)C(=O)N1C1CCC(Oc2cnc3[nH]ccc3c2)CC1. The van der Waals surface area contributed by atoms with Gasteiger partial charge in [-0.3, -0.25) is 14.6 Å². The molecule has 7 nitrogen and oxygen atoms in total. The molecule has 3 aromatic rings. The number of fused-ring (bicyclic) bond motifs is 1. The molecule has 1 aromatic carbocycles. The third kappa shape index (κ3) is 4.12. The highest BCUT2D eigenvalue weighted by atomic mass is 19.4. The van der Waals surface area contributed by atoms with Crippen LogP contribution in [0.3, 0.4) is 0 Å². The Labute approximate surface area is 187 Å². The van der Waals surface area contributed by atoms with Gasteiger partial charge in [-0.15, -0.1) is 0 Å². The summed E-state index contributed by atoms with van der Waals surface area (Å²) >= 11 is 0. The molecule has 2 fully saturated rings. The molecule has 0 bridgehead atoms. The molecule has 1 saturated carbocycles. The van der Waals surface area contributed by atoms with Crippen molar-refractivity contribution in [2.24, 2.45) is 0 Å². The number of rotatable bonds is 4. The molecule has 1 saturated heterocycles. The number of amides is 3. The predicted molar refractivity (Wildman–Crippen MR) is 114 cm³/mol. The van der Waals surface area contributed by atoms with Crippen LogP contribution in [0.1, 0.15) is 31.2 Å². The number of hydrogen-bond donors (Lipinski definition) is 1. The zero-order valence-corrected chi connectivity index (χ0v) is 17.5. The van der Waals surface area contributed by atoms with Crippen LogP contribution in [-0.4, -0.2) is 45.5 Å². The summed E-state index contributed by atoms with van der Waals surface area (Å²) in [6.45, 7) is -0.265. The zero-order chi connectivity index (χ0) is 23.2. The number of carbonyl (C=O) groups excluding carboxylic acids is 2. The van der Waals surface area contributed by atoms with E-state index in [4.69, 9.17) is 4.74 Å². The standard InChI is InChI=1S/C23H21F3N4O3/c24-23(25,26)15-2-1-3-17(11-15)29-13-20(31)30(22(29)32)16-4-6-18(7-5-16)33-19-10-14-8-9-27-21(14)28-12-19/h1-3,8-12,16,18H,4-7,13H2,(H,27,28). The third-order valence-corrected chi connectivity index (χ3v) is 6.17. The van der Waals surface area contributed by atoms with Crippen molar-refractivity contribution in [3.8, 4) is 5.75 Å². The Morgan fingerprint density at radius 1 is 1.06 bits per heavy atom. The third-order valence-electron chi connectivity index (χ3n) is 6.17. The van der Waals surface area contributed by atoms with Gasteiger partial charge in [0.25, 0.3) is 5.91 Å². The summed E-state index contributed by atoms with van der Waals surface area (Å²) in [4.78, 5) is 35.2. The van der Waals surface area contributed by atoms with Crippen LogP contribution in [-0.2, 0) is 11.0 Å². The van der Waals surface area contributed by atoms with Crippen LogP contribution in [0.15, 0.2) is 48.8 Å². The summed E-state index contributed by atoms with van der Waals surface area (Å²) in [5.41, 5.74) is -0.0125. The van der Waals surface area contributed by atoms with E-state index >= 15 is 0 Å². The number of benzene rings is 1. The van der Waals surface area contributed by atoms with E-state index in [-0.39, 0.29) is 24.4 Å². The van der Waals surface area contributed by atoms with Gasteiger partial charge in [-0.05, 0) is 56.0 Å². The maximum absolute atomic E-state index is 13.1. The van der Waals surface area contributed by atoms with E-state index in [0.29, 0.717) is 31.4 Å². The summed E-state index contributed by atoms with van der Waals surface area (Å²) in [5, 5.41) is 0.948. The number of halogens is 3. The van der Waals surface area contributed by atoms with Gasteiger partial charge >= 0.3 is 12.2 Å². The van der Waals surface area contributed by atoms with Crippen molar-refractivity contribution in [1.82, 2.24) is 14.9 Å². The Hall–Kier alpha value is -3.56. The molecule has 10 heteroatoms. The maximum Gasteiger partial charge on any atom is 0.416 e. The highest BCUT2D eigenvalue weighted by Gasteiger charge is 2.43. The second kappa shape index (κ2) is 8.09. The smallest absolute Gasteiger partial charge is 0.416 e.